The molecular weight excluding hydrogens is 254 g/mol. The van der Waals surface area contributed by atoms with Crippen LogP contribution in [0.4, 0.5) is 0 Å². The molecule has 0 aliphatic heterocycles. The van der Waals surface area contributed by atoms with Crippen LogP contribution in [0.3, 0.4) is 0 Å². The summed E-state index contributed by atoms with van der Waals surface area (Å²) >= 11 is 0. The second-order valence-electron chi connectivity index (χ2n) is 4.67. The van der Waals surface area contributed by atoms with Gasteiger partial charge in [0.05, 0.1) is 5.75 Å². The zero-order valence-electron chi connectivity index (χ0n) is 11.3. The highest BCUT2D eigenvalue weighted by molar-refractivity contribution is 7.91. The smallest absolute Gasteiger partial charge is 0.303 e. The summed E-state index contributed by atoms with van der Waals surface area (Å²) in [6, 6.07) is 0. The Bertz CT molecular complexity index is 327. The first kappa shape index (κ1) is 17.4. The Morgan fingerprint density at radius 1 is 1.28 bits per heavy atom. The van der Waals surface area contributed by atoms with Gasteiger partial charge in [-0.1, -0.05) is 13.8 Å². The number of hydrogen-bond donors (Lipinski definition) is 2. The third-order valence-corrected chi connectivity index (χ3v) is 4.70. The van der Waals surface area contributed by atoms with Crippen LogP contribution in [0.15, 0.2) is 0 Å². The predicted molar refractivity (Wildman–Crippen MR) is 72.5 cm³/mol. The summed E-state index contributed by atoms with van der Waals surface area (Å²) in [5.74, 6) is 0.0807. The lowest BCUT2D eigenvalue weighted by Crippen LogP contribution is -2.21. The molecule has 1 unspecified atom stereocenters. The second kappa shape index (κ2) is 9.33. The molecule has 0 saturated heterocycles. The Morgan fingerprint density at radius 3 is 2.50 bits per heavy atom. The minimum atomic E-state index is -2.85. The zero-order valence-corrected chi connectivity index (χ0v) is 12.1. The Morgan fingerprint density at radius 2 is 1.94 bits per heavy atom. The van der Waals surface area contributed by atoms with Crippen LogP contribution in [0.5, 0.6) is 0 Å². The van der Waals surface area contributed by atoms with Crippen LogP contribution in [0.2, 0.25) is 0 Å². The van der Waals surface area contributed by atoms with Crippen molar-refractivity contribution in [1.29, 1.82) is 0 Å². The fourth-order valence-corrected chi connectivity index (χ4v) is 2.42. The van der Waals surface area contributed by atoms with E-state index in [0.29, 0.717) is 25.3 Å². The molecule has 6 heteroatoms. The lowest BCUT2D eigenvalue weighted by atomic mass is 10.0. The van der Waals surface area contributed by atoms with Crippen LogP contribution in [0.25, 0.3) is 0 Å². The van der Waals surface area contributed by atoms with E-state index in [1.165, 1.54) is 0 Å². The lowest BCUT2D eigenvalue weighted by Gasteiger charge is -2.10. The van der Waals surface area contributed by atoms with E-state index < -0.39 is 15.8 Å². The second-order valence-corrected chi connectivity index (χ2v) is 7.14. The number of carboxylic acid groups (broad SMARTS) is 1. The van der Waals surface area contributed by atoms with E-state index in [-0.39, 0.29) is 17.9 Å². The molecule has 0 amide bonds. The first-order valence-corrected chi connectivity index (χ1v) is 8.32. The van der Waals surface area contributed by atoms with Gasteiger partial charge >= 0.3 is 5.97 Å². The molecule has 0 fully saturated rings. The number of hydrogen-bond acceptors (Lipinski definition) is 4. The minimum Gasteiger partial charge on any atom is -0.481 e. The molecule has 108 valence electrons. The molecule has 18 heavy (non-hydrogen) atoms. The van der Waals surface area contributed by atoms with Gasteiger partial charge in [-0.05, 0) is 38.3 Å². The highest BCUT2D eigenvalue weighted by Crippen LogP contribution is 2.08. The molecule has 0 rings (SSSR count). The van der Waals surface area contributed by atoms with Crippen LogP contribution < -0.4 is 5.32 Å². The number of carboxylic acids is 1. The van der Waals surface area contributed by atoms with Crippen molar-refractivity contribution in [3.63, 3.8) is 0 Å². The third kappa shape index (κ3) is 10.5. The average molecular weight is 279 g/mol. The van der Waals surface area contributed by atoms with E-state index in [1.54, 1.807) is 6.92 Å². The topological polar surface area (TPSA) is 83.5 Å². The Kier molecular flexibility index (Phi) is 9.01. The van der Waals surface area contributed by atoms with Gasteiger partial charge in [0.1, 0.15) is 9.84 Å². The summed E-state index contributed by atoms with van der Waals surface area (Å²) in [6.07, 6.45) is 2.48. The van der Waals surface area contributed by atoms with Crippen LogP contribution >= 0.6 is 0 Å². The van der Waals surface area contributed by atoms with E-state index >= 15 is 0 Å². The monoisotopic (exact) mass is 279 g/mol. The molecule has 0 aromatic rings. The number of nitrogens with one attached hydrogen (secondary N) is 1. The highest BCUT2D eigenvalue weighted by atomic mass is 32.2. The molecular formula is C12H25NO4S. The van der Waals surface area contributed by atoms with E-state index in [2.05, 4.69) is 5.32 Å². The fraction of sp³-hybridized carbons (Fsp3) is 0.917. The van der Waals surface area contributed by atoms with Gasteiger partial charge in [0.2, 0.25) is 0 Å². The molecule has 1 atom stereocenters. The Labute approximate surface area is 110 Å². The molecule has 0 aromatic heterocycles. The van der Waals surface area contributed by atoms with Crippen LogP contribution in [-0.2, 0) is 14.6 Å². The SMILES string of the molecule is CCS(=O)(=O)CCCNCCC(C)CCC(=O)O. The molecule has 0 saturated carbocycles. The molecule has 0 spiro atoms. The van der Waals surface area contributed by atoms with Gasteiger partial charge in [0, 0.05) is 12.2 Å². The first-order valence-electron chi connectivity index (χ1n) is 6.50. The highest BCUT2D eigenvalue weighted by Gasteiger charge is 2.07. The van der Waals surface area contributed by atoms with Gasteiger partial charge in [0.25, 0.3) is 0 Å². The molecule has 0 radical (unpaired) electrons. The Balaban J connectivity index is 3.43. The van der Waals surface area contributed by atoms with Gasteiger partial charge in [-0.15, -0.1) is 0 Å². The first-order chi connectivity index (χ1) is 8.37. The number of sulfone groups is 1. The van der Waals surface area contributed by atoms with Crippen molar-refractivity contribution in [3.05, 3.63) is 0 Å². The molecule has 0 aliphatic carbocycles. The quantitative estimate of drug-likeness (QED) is 0.557. The van der Waals surface area contributed by atoms with Gasteiger partial charge < -0.3 is 10.4 Å². The molecule has 0 heterocycles. The maximum absolute atomic E-state index is 11.2. The van der Waals surface area contributed by atoms with Gasteiger partial charge in [-0.3, -0.25) is 4.79 Å². The number of rotatable bonds is 11. The maximum Gasteiger partial charge on any atom is 0.303 e. The largest absolute Gasteiger partial charge is 0.481 e. The van der Waals surface area contributed by atoms with Crippen LogP contribution in [0.1, 0.15) is 39.5 Å². The standard InChI is InChI=1S/C12H25NO4S/c1-3-18(16,17)10-4-8-13-9-7-11(2)5-6-12(14)15/h11,13H,3-10H2,1-2H3,(H,14,15). The minimum absolute atomic E-state index is 0.208. The molecule has 5 nitrogen and oxygen atoms in total. The maximum atomic E-state index is 11.2. The van der Waals surface area contributed by atoms with Crippen molar-refractivity contribution in [2.45, 2.75) is 39.5 Å². The van der Waals surface area contributed by atoms with Crippen molar-refractivity contribution >= 4 is 15.8 Å². The van der Waals surface area contributed by atoms with Gasteiger partial charge in [-0.2, -0.15) is 0 Å². The van der Waals surface area contributed by atoms with Crippen LogP contribution in [0, 0.1) is 5.92 Å². The summed E-state index contributed by atoms with van der Waals surface area (Å²) in [5.41, 5.74) is 0. The van der Waals surface area contributed by atoms with Crippen molar-refractivity contribution in [3.8, 4) is 0 Å². The Hall–Kier alpha value is -0.620. The normalized spacial score (nSPS) is 13.4. The van der Waals surface area contributed by atoms with Crippen molar-refractivity contribution < 1.29 is 18.3 Å². The summed E-state index contributed by atoms with van der Waals surface area (Å²) < 4.78 is 22.4. The van der Waals surface area contributed by atoms with Crippen molar-refractivity contribution in [1.82, 2.24) is 5.32 Å². The molecule has 0 aliphatic rings. The fourth-order valence-electron chi connectivity index (χ4n) is 1.55. The molecule has 2 N–H and O–H groups in total. The van der Waals surface area contributed by atoms with E-state index in [0.717, 1.165) is 13.0 Å². The molecule has 0 aromatic carbocycles. The predicted octanol–water partition coefficient (Wildman–Crippen LogP) is 1.29. The summed E-state index contributed by atoms with van der Waals surface area (Å²) in [6.45, 7) is 5.21. The third-order valence-electron chi connectivity index (χ3n) is 2.91. The van der Waals surface area contributed by atoms with Gasteiger partial charge in [0.15, 0.2) is 0 Å². The van der Waals surface area contributed by atoms with E-state index in [9.17, 15) is 13.2 Å². The van der Waals surface area contributed by atoms with Gasteiger partial charge in [-0.25, -0.2) is 8.42 Å². The summed E-state index contributed by atoms with van der Waals surface area (Å²) in [5, 5.41) is 11.7. The van der Waals surface area contributed by atoms with Crippen molar-refractivity contribution in [2.75, 3.05) is 24.6 Å². The number of carbonyl (C=O) groups is 1. The lowest BCUT2D eigenvalue weighted by molar-refractivity contribution is -0.137. The van der Waals surface area contributed by atoms with E-state index in [4.69, 9.17) is 5.11 Å². The van der Waals surface area contributed by atoms with Crippen LogP contribution in [-0.4, -0.2) is 44.1 Å². The zero-order chi connectivity index (χ0) is 14.0. The number of aliphatic carboxylic acids is 1. The summed E-state index contributed by atoms with van der Waals surface area (Å²) in [4.78, 5) is 10.4. The average Bonchev–Trinajstić information content (AvgIpc) is 2.31. The van der Waals surface area contributed by atoms with Crippen molar-refractivity contribution in [2.24, 2.45) is 5.92 Å². The summed E-state index contributed by atoms with van der Waals surface area (Å²) in [7, 11) is -2.85. The van der Waals surface area contributed by atoms with E-state index in [1.807, 2.05) is 6.92 Å². The molecule has 0 bridgehead atoms.